The highest BCUT2D eigenvalue weighted by Gasteiger charge is 2.45. The molecule has 1 aromatic carbocycles. The number of rotatable bonds is 6. The fraction of sp³-hybridized carbons (Fsp3) is 0.500. The number of nitrogens with one attached hydrogen (secondary N) is 2. The number of amides is 1. The fourth-order valence-electron chi connectivity index (χ4n) is 2.15. The van der Waals surface area contributed by atoms with Gasteiger partial charge in [-0.15, -0.1) is 0 Å². The van der Waals surface area contributed by atoms with Crippen molar-refractivity contribution in [2.24, 2.45) is 0 Å². The Hall–Kier alpha value is -1.42. The summed E-state index contributed by atoms with van der Waals surface area (Å²) in [6, 6.07) is 6.51. The monoisotopic (exact) mass is 250 g/mol. The number of hydrogen-bond acceptors (Lipinski definition) is 2. The molecule has 1 aliphatic rings. The number of hydrogen-bond donors (Lipinski definition) is 2. The van der Waals surface area contributed by atoms with E-state index in [0.29, 0.717) is 6.42 Å². The lowest BCUT2D eigenvalue weighted by Gasteiger charge is -2.18. The molecule has 2 rings (SSSR count). The molecule has 0 saturated heterocycles. The molecule has 98 valence electrons. The van der Waals surface area contributed by atoms with E-state index in [1.807, 2.05) is 13.1 Å². The maximum atomic E-state index is 13.2. The molecule has 0 spiro atoms. The van der Waals surface area contributed by atoms with Crippen LogP contribution in [0.25, 0.3) is 0 Å². The van der Waals surface area contributed by atoms with Crippen LogP contribution in [0.15, 0.2) is 24.3 Å². The third-order valence-corrected chi connectivity index (χ3v) is 3.34. The lowest BCUT2D eigenvalue weighted by Crippen LogP contribution is -2.35. The highest BCUT2D eigenvalue weighted by molar-refractivity contribution is 5.77. The Labute approximate surface area is 107 Å². The largest absolute Gasteiger partial charge is 0.347 e. The highest BCUT2D eigenvalue weighted by Crippen LogP contribution is 2.45. The van der Waals surface area contributed by atoms with Gasteiger partial charge < -0.3 is 10.6 Å². The number of carbonyl (C=O) groups is 1. The highest BCUT2D eigenvalue weighted by atomic mass is 19.1. The predicted molar refractivity (Wildman–Crippen MR) is 68.6 cm³/mol. The van der Waals surface area contributed by atoms with E-state index in [2.05, 4.69) is 10.6 Å². The van der Waals surface area contributed by atoms with Gasteiger partial charge >= 0.3 is 0 Å². The second-order valence-corrected chi connectivity index (χ2v) is 4.85. The SMILES string of the molecule is CNCCCC(=O)NC1(c2cccc(F)c2)CC1. The molecule has 0 heterocycles. The normalized spacial score (nSPS) is 16.3. The van der Waals surface area contributed by atoms with Crippen LogP contribution in [-0.4, -0.2) is 19.5 Å². The smallest absolute Gasteiger partial charge is 0.220 e. The summed E-state index contributed by atoms with van der Waals surface area (Å²) < 4.78 is 13.2. The van der Waals surface area contributed by atoms with Crippen molar-refractivity contribution in [1.29, 1.82) is 0 Å². The van der Waals surface area contributed by atoms with Gasteiger partial charge in [0.1, 0.15) is 5.82 Å². The number of halogens is 1. The zero-order chi connectivity index (χ0) is 13.0. The first kappa shape index (κ1) is 13.0. The van der Waals surface area contributed by atoms with Crippen LogP contribution in [0.4, 0.5) is 4.39 Å². The Morgan fingerprint density at radius 3 is 2.83 bits per heavy atom. The predicted octanol–water partition coefficient (Wildman–Crippen LogP) is 1.93. The molecular formula is C14H19FN2O. The van der Waals surface area contributed by atoms with Crippen LogP contribution in [0.1, 0.15) is 31.2 Å². The Bertz CT molecular complexity index is 430. The van der Waals surface area contributed by atoms with Gasteiger partial charge in [0.15, 0.2) is 0 Å². The third-order valence-electron chi connectivity index (χ3n) is 3.34. The maximum Gasteiger partial charge on any atom is 0.220 e. The number of benzene rings is 1. The average molecular weight is 250 g/mol. The molecule has 1 aromatic rings. The standard InChI is InChI=1S/C14H19FN2O/c1-16-9-3-6-13(18)17-14(7-8-14)11-4-2-5-12(15)10-11/h2,4-5,10,16H,3,6-9H2,1H3,(H,17,18). The molecule has 0 atom stereocenters. The molecule has 3 nitrogen and oxygen atoms in total. The molecule has 2 N–H and O–H groups in total. The summed E-state index contributed by atoms with van der Waals surface area (Å²) in [5.74, 6) is -0.199. The topological polar surface area (TPSA) is 41.1 Å². The quantitative estimate of drug-likeness (QED) is 0.757. The second-order valence-electron chi connectivity index (χ2n) is 4.85. The van der Waals surface area contributed by atoms with E-state index in [1.165, 1.54) is 12.1 Å². The van der Waals surface area contributed by atoms with E-state index in [1.54, 1.807) is 6.07 Å². The zero-order valence-electron chi connectivity index (χ0n) is 10.6. The molecule has 0 bridgehead atoms. The third kappa shape index (κ3) is 3.07. The van der Waals surface area contributed by atoms with Crippen molar-refractivity contribution in [2.45, 2.75) is 31.2 Å². The summed E-state index contributed by atoms with van der Waals surface area (Å²) in [6.07, 6.45) is 3.13. The summed E-state index contributed by atoms with van der Waals surface area (Å²) in [5.41, 5.74) is 0.572. The van der Waals surface area contributed by atoms with Gasteiger partial charge in [-0.25, -0.2) is 4.39 Å². The lowest BCUT2D eigenvalue weighted by molar-refractivity contribution is -0.122. The Kier molecular flexibility index (Phi) is 3.97. The van der Waals surface area contributed by atoms with Crippen molar-refractivity contribution in [2.75, 3.05) is 13.6 Å². The van der Waals surface area contributed by atoms with E-state index in [0.717, 1.165) is 31.4 Å². The van der Waals surface area contributed by atoms with Gasteiger partial charge in [-0.2, -0.15) is 0 Å². The van der Waals surface area contributed by atoms with Gasteiger partial charge in [-0.05, 0) is 50.6 Å². The minimum Gasteiger partial charge on any atom is -0.347 e. The maximum absolute atomic E-state index is 13.2. The molecule has 18 heavy (non-hydrogen) atoms. The lowest BCUT2D eigenvalue weighted by atomic mass is 10.0. The fourth-order valence-corrected chi connectivity index (χ4v) is 2.15. The van der Waals surface area contributed by atoms with Crippen molar-refractivity contribution in [1.82, 2.24) is 10.6 Å². The first-order valence-electron chi connectivity index (χ1n) is 6.38. The van der Waals surface area contributed by atoms with E-state index in [9.17, 15) is 9.18 Å². The zero-order valence-corrected chi connectivity index (χ0v) is 10.6. The minimum absolute atomic E-state index is 0.0482. The van der Waals surface area contributed by atoms with Crippen molar-refractivity contribution in [3.8, 4) is 0 Å². The van der Waals surface area contributed by atoms with E-state index < -0.39 is 0 Å². The van der Waals surface area contributed by atoms with Gasteiger partial charge in [-0.1, -0.05) is 12.1 Å². The summed E-state index contributed by atoms with van der Waals surface area (Å²) in [4.78, 5) is 11.8. The van der Waals surface area contributed by atoms with Crippen LogP contribution in [0.3, 0.4) is 0 Å². The summed E-state index contributed by atoms with van der Waals surface area (Å²) in [6.45, 7) is 0.834. The minimum atomic E-state index is -0.307. The molecule has 0 aliphatic heterocycles. The Morgan fingerprint density at radius 1 is 1.44 bits per heavy atom. The van der Waals surface area contributed by atoms with Crippen LogP contribution in [0.5, 0.6) is 0 Å². The van der Waals surface area contributed by atoms with Crippen molar-refractivity contribution in [3.63, 3.8) is 0 Å². The van der Waals surface area contributed by atoms with E-state index >= 15 is 0 Å². The van der Waals surface area contributed by atoms with Crippen LogP contribution in [-0.2, 0) is 10.3 Å². The molecular weight excluding hydrogens is 231 g/mol. The van der Waals surface area contributed by atoms with Crippen LogP contribution < -0.4 is 10.6 Å². The second kappa shape index (κ2) is 5.48. The first-order chi connectivity index (χ1) is 8.66. The Morgan fingerprint density at radius 2 is 2.22 bits per heavy atom. The van der Waals surface area contributed by atoms with Crippen molar-refractivity contribution >= 4 is 5.91 Å². The van der Waals surface area contributed by atoms with E-state index in [-0.39, 0.29) is 17.3 Å². The average Bonchev–Trinajstić information content (AvgIpc) is 3.10. The number of carbonyl (C=O) groups excluding carboxylic acids is 1. The molecule has 4 heteroatoms. The molecule has 0 radical (unpaired) electrons. The van der Waals surface area contributed by atoms with Gasteiger partial charge in [0.05, 0.1) is 5.54 Å². The molecule has 0 unspecified atom stereocenters. The molecule has 1 amide bonds. The molecule has 1 fully saturated rings. The first-order valence-corrected chi connectivity index (χ1v) is 6.38. The Balaban J connectivity index is 1.94. The van der Waals surface area contributed by atoms with Gasteiger partial charge in [0.2, 0.25) is 5.91 Å². The van der Waals surface area contributed by atoms with Gasteiger partial charge in [0, 0.05) is 6.42 Å². The van der Waals surface area contributed by atoms with Crippen LogP contribution >= 0.6 is 0 Å². The molecule has 0 aromatic heterocycles. The summed E-state index contributed by atoms with van der Waals surface area (Å²) in [7, 11) is 1.87. The van der Waals surface area contributed by atoms with Gasteiger partial charge in [0.25, 0.3) is 0 Å². The van der Waals surface area contributed by atoms with Crippen molar-refractivity contribution in [3.05, 3.63) is 35.6 Å². The summed E-state index contributed by atoms with van der Waals surface area (Å²) in [5, 5.41) is 6.05. The van der Waals surface area contributed by atoms with Gasteiger partial charge in [-0.3, -0.25) is 4.79 Å². The van der Waals surface area contributed by atoms with Crippen LogP contribution in [0, 0.1) is 5.82 Å². The van der Waals surface area contributed by atoms with E-state index in [4.69, 9.17) is 0 Å². The molecule has 1 aliphatic carbocycles. The van der Waals surface area contributed by atoms with Crippen molar-refractivity contribution < 1.29 is 9.18 Å². The van der Waals surface area contributed by atoms with Crippen LogP contribution in [0.2, 0.25) is 0 Å². The molecule has 1 saturated carbocycles. The summed E-state index contributed by atoms with van der Waals surface area (Å²) >= 11 is 0.